The molecular weight excluding hydrogens is 222 g/mol. The lowest BCUT2D eigenvalue weighted by Crippen LogP contribution is -2.17. The van der Waals surface area contributed by atoms with Crippen LogP contribution in [-0.2, 0) is 13.0 Å². The molecule has 0 fully saturated rings. The minimum Gasteiger partial charge on any atom is -0.465 e. The lowest BCUT2D eigenvalue weighted by atomic mass is 10.1. The molecule has 0 saturated carbocycles. The molecule has 0 radical (unpaired) electrons. The van der Waals surface area contributed by atoms with Crippen molar-refractivity contribution >= 4 is 0 Å². The normalized spacial score (nSPS) is 12.6. The van der Waals surface area contributed by atoms with Crippen molar-refractivity contribution in [3.63, 3.8) is 0 Å². The zero-order valence-electron chi connectivity index (χ0n) is 11.4. The number of aryl methyl sites for hydroxylation is 2. The van der Waals surface area contributed by atoms with Gasteiger partial charge in [-0.15, -0.1) is 0 Å². The number of hydrogen-bond acceptors (Lipinski definition) is 2. The number of rotatable bonds is 5. The third-order valence-corrected chi connectivity index (χ3v) is 3.23. The molecule has 2 nitrogen and oxygen atoms in total. The molecule has 1 heterocycles. The SMILES string of the molecule is CCc1ccc(CNC(C)c2ccc(C)cc2)o1. The third-order valence-electron chi connectivity index (χ3n) is 3.23. The van der Waals surface area contributed by atoms with Crippen LogP contribution in [0.4, 0.5) is 0 Å². The van der Waals surface area contributed by atoms with E-state index in [2.05, 4.69) is 50.4 Å². The highest BCUT2D eigenvalue weighted by Gasteiger charge is 2.06. The fraction of sp³-hybridized carbons (Fsp3) is 0.375. The van der Waals surface area contributed by atoms with Crippen molar-refractivity contribution in [3.05, 3.63) is 59.0 Å². The van der Waals surface area contributed by atoms with E-state index in [0.717, 1.165) is 24.5 Å². The van der Waals surface area contributed by atoms with Gasteiger partial charge in [0.1, 0.15) is 11.5 Å². The number of hydrogen-bond donors (Lipinski definition) is 1. The van der Waals surface area contributed by atoms with E-state index >= 15 is 0 Å². The van der Waals surface area contributed by atoms with E-state index in [1.54, 1.807) is 0 Å². The average Bonchev–Trinajstić information content (AvgIpc) is 2.85. The molecule has 1 aromatic carbocycles. The van der Waals surface area contributed by atoms with Gasteiger partial charge in [0.2, 0.25) is 0 Å². The zero-order chi connectivity index (χ0) is 13.0. The van der Waals surface area contributed by atoms with Crippen molar-refractivity contribution in [2.24, 2.45) is 0 Å². The molecule has 2 rings (SSSR count). The summed E-state index contributed by atoms with van der Waals surface area (Å²) < 4.78 is 5.68. The largest absolute Gasteiger partial charge is 0.465 e. The fourth-order valence-electron chi connectivity index (χ4n) is 1.93. The van der Waals surface area contributed by atoms with E-state index in [1.807, 2.05) is 12.1 Å². The fourth-order valence-corrected chi connectivity index (χ4v) is 1.93. The number of benzene rings is 1. The number of furan rings is 1. The summed E-state index contributed by atoms with van der Waals surface area (Å²) in [5.41, 5.74) is 2.60. The van der Waals surface area contributed by atoms with Crippen LogP contribution < -0.4 is 5.32 Å². The quantitative estimate of drug-likeness (QED) is 0.858. The molecule has 96 valence electrons. The Morgan fingerprint density at radius 1 is 1.06 bits per heavy atom. The second-order valence-electron chi connectivity index (χ2n) is 4.73. The van der Waals surface area contributed by atoms with Gasteiger partial charge in [0.05, 0.1) is 6.54 Å². The summed E-state index contributed by atoms with van der Waals surface area (Å²) in [5, 5.41) is 3.48. The Hall–Kier alpha value is -1.54. The minimum atomic E-state index is 0.334. The average molecular weight is 243 g/mol. The molecule has 1 unspecified atom stereocenters. The molecule has 0 saturated heterocycles. The summed E-state index contributed by atoms with van der Waals surface area (Å²) >= 11 is 0. The number of nitrogens with one attached hydrogen (secondary N) is 1. The summed E-state index contributed by atoms with van der Waals surface area (Å²) in [4.78, 5) is 0. The van der Waals surface area contributed by atoms with Gasteiger partial charge >= 0.3 is 0 Å². The van der Waals surface area contributed by atoms with Crippen molar-refractivity contribution in [3.8, 4) is 0 Å². The van der Waals surface area contributed by atoms with Crippen molar-refractivity contribution < 1.29 is 4.42 Å². The first kappa shape index (κ1) is 12.9. The molecule has 1 atom stereocenters. The molecular formula is C16H21NO. The van der Waals surface area contributed by atoms with Crippen LogP contribution >= 0.6 is 0 Å². The second-order valence-corrected chi connectivity index (χ2v) is 4.73. The Bertz CT molecular complexity index is 484. The Kier molecular flexibility index (Phi) is 4.21. The van der Waals surface area contributed by atoms with E-state index < -0.39 is 0 Å². The van der Waals surface area contributed by atoms with Crippen molar-refractivity contribution in [2.75, 3.05) is 0 Å². The molecule has 2 heteroatoms. The topological polar surface area (TPSA) is 25.2 Å². The van der Waals surface area contributed by atoms with E-state index in [-0.39, 0.29) is 0 Å². The van der Waals surface area contributed by atoms with Crippen LogP contribution in [0.3, 0.4) is 0 Å². The van der Waals surface area contributed by atoms with Crippen LogP contribution in [0.25, 0.3) is 0 Å². The van der Waals surface area contributed by atoms with Gasteiger partial charge in [-0.05, 0) is 31.5 Å². The molecule has 1 N–H and O–H groups in total. The Morgan fingerprint density at radius 3 is 2.33 bits per heavy atom. The minimum absolute atomic E-state index is 0.334. The predicted molar refractivity (Wildman–Crippen MR) is 74.5 cm³/mol. The summed E-state index contributed by atoms with van der Waals surface area (Å²) in [6.45, 7) is 7.16. The highest BCUT2D eigenvalue weighted by Crippen LogP contribution is 2.15. The summed E-state index contributed by atoms with van der Waals surface area (Å²) in [5.74, 6) is 2.06. The van der Waals surface area contributed by atoms with E-state index in [1.165, 1.54) is 11.1 Å². The van der Waals surface area contributed by atoms with Crippen molar-refractivity contribution in [1.29, 1.82) is 0 Å². The van der Waals surface area contributed by atoms with Crippen LogP contribution in [-0.4, -0.2) is 0 Å². The van der Waals surface area contributed by atoms with Crippen LogP contribution in [0, 0.1) is 6.92 Å². The van der Waals surface area contributed by atoms with E-state index in [0.29, 0.717) is 6.04 Å². The van der Waals surface area contributed by atoms with Gasteiger partial charge in [-0.1, -0.05) is 36.8 Å². The molecule has 1 aromatic heterocycles. The lowest BCUT2D eigenvalue weighted by Gasteiger charge is -2.13. The highest BCUT2D eigenvalue weighted by molar-refractivity contribution is 5.23. The third kappa shape index (κ3) is 3.23. The Labute approximate surface area is 109 Å². The van der Waals surface area contributed by atoms with Crippen LogP contribution in [0.5, 0.6) is 0 Å². The van der Waals surface area contributed by atoms with Crippen LogP contribution in [0.1, 0.15) is 42.5 Å². The Morgan fingerprint density at radius 2 is 1.72 bits per heavy atom. The van der Waals surface area contributed by atoms with Gasteiger partial charge in [0, 0.05) is 12.5 Å². The van der Waals surface area contributed by atoms with Gasteiger partial charge in [0.15, 0.2) is 0 Å². The first-order chi connectivity index (χ1) is 8.69. The predicted octanol–water partition coefficient (Wildman–Crippen LogP) is 4.00. The van der Waals surface area contributed by atoms with E-state index in [9.17, 15) is 0 Å². The lowest BCUT2D eigenvalue weighted by molar-refractivity contribution is 0.435. The van der Waals surface area contributed by atoms with E-state index in [4.69, 9.17) is 4.42 Å². The molecule has 0 bridgehead atoms. The van der Waals surface area contributed by atoms with Crippen molar-refractivity contribution in [1.82, 2.24) is 5.32 Å². The van der Waals surface area contributed by atoms with Gasteiger partial charge < -0.3 is 9.73 Å². The first-order valence-electron chi connectivity index (χ1n) is 6.56. The van der Waals surface area contributed by atoms with Gasteiger partial charge in [-0.2, -0.15) is 0 Å². The Balaban J connectivity index is 1.91. The molecule has 0 aliphatic carbocycles. The molecule has 0 amide bonds. The monoisotopic (exact) mass is 243 g/mol. The maximum absolute atomic E-state index is 5.68. The van der Waals surface area contributed by atoms with Gasteiger partial charge in [-0.3, -0.25) is 0 Å². The maximum Gasteiger partial charge on any atom is 0.117 e. The molecule has 0 spiro atoms. The summed E-state index contributed by atoms with van der Waals surface area (Å²) in [6.07, 6.45) is 0.952. The van der Waals surface area contributed by atoms with Gasteiger partial charge in [0.25, 0.3) is 0 Å². The smallest absolute Gasteiger partial charge is 0.117 e. The zero-order valence-corrected chi connectivity index (χ0v) is 11.4. The first-order valence-corrected chi connectivity index (χ1v) is 6.56. The van der Waals surface area contributed by atoms with Gasteiger partial charge in [-0.25, -0.2) is 0 Å². The molecule has 2 aromatic rings. The summed E-state index contributed by atoms with van der Waals surface area (Å²) in [7, 11) is 0. The van der Waals surface area contributed by atoms with Crippen LogP contribution in [0.2, 0.25) is 0 Å². The second kappa shape index (κ2) is 5.87. The summed E-state index contributed by atoms with van der Waals surface area (Å²) in [6, 6.07) is 13.1. The standard InChI is InChI=1S/C16H21NO/c1-4-15-9-10-16(18-15)11-17-13(3)14-7-5-12(2)6-8-14/h5-10,13,17H,4,11H2,1-3H3. The molecule has 0 aliphatic heterocycles. The highest BCUT2D eigenvalue weighted by atomic mass is 16.3. The van der Waals surface area contributed by atoms with Crippen molar-refractivity contribution in [2.45, 2.75) is 39.8 Å². The van der Waals surface area contributed by atoms with Crippen LogP contribution in [0.15, 0.2) is 40.8 Å². The molecule has 0 aliphatic rings. The maximum atomic E-state index is 5.68. The molecule has 18 heavy (non-hydrogen) atoms.